The molecule has 2 amide bonds. The van der Waals surface area contributed by atoms with Gasteiger partial charge < -0.3 is 0 Å². The molecule has 1 aliphatic carbocycles. The molecule has 3 nitrogen and oxygen atoms in total. The average molecular weight is 257 g/mol. The van der Waals surface area contributed by atoms with Crippen LogP contribution in [0.4, 0.5) is 0 Å². The highest BCUT2D eigenvalue weighted by Gasteiger charge is 2.49. The molecule has 2 fully saturated rings. The fourth-order valence-electron chi connectivity index (χ4n) is 3.83. The molecule has 1 saturated heterocycles. The molecule has 1 aromatic carbocycles. The standard InChI is InChI=1S/C16H19NO2/c18-13-11-16(9-5-2-6-10-16)14(15(19)17-13)12-7-3-1-4-8-12/h1,3-4,7-8,14H,2,5-6,9-11H2,(H,17,18,19). The van der Waals surface area contributed by atoms with E-state index in [2.05, 4.69) is 5.32 Å². The Balaban J connectivity index is 2.01. The maximum absolute atomic E-state index is 12.3. The maximum Gasteiger partial charge on any atom is 0.234 e. The third-order valence-corrected chi connectivity index (χ3v) is 4.63. The second-order valence-electron chi connectivity index (χ2n) is 5.86. The lowest BCUT2D eigenvalue weighted by molar-refractivity contribution is -0.141. The lowest BCUT2D eigenvalue weighted by Gasteiger charge is -2.45. The highest BCUT2D eigenvalue weighted by Crippen LogP contribution is 2.51. The topological polar surface area (TPSA) is 46.2 Å². The molecule has 1 unspecified atom stereocenters. The quantitative estimate of drug-likeness (QED) is 0.786. The van der Waals surface area contributed by atoms with E-state index in [1.54, 1.807) is 0 Å². The molecule has 1 aromatic rings. The van der Waals surface area contributed by atoms with Crippen molar-refractivity contribution in [3.8, 4) is 0 Å². The van der Waals surface area contributed by atoms with Crippen molar-refractivity contribution >= 4 is 11.8 Å². The van der Waals surface area contributed by atoms with Crippen molar-refractivity contribution in [2.75, 3.05) is 0 Å². The second kappa shape index (κ2) is 4.80. The Morgan fingerprint density at radius 2 is 1.68 bits per heavy atom. The van der Waals surface area contributed by atoms with E-state index in [4.69, 9.17) is 0 Å². The number of rotatable bonds is 1. The second-order valence-corrected chi connectivity index (χ2v) is 5.86. The Hall–Kier alpha value is -1.64. The Morgan fingerprint density at radius 1 is 1.00 bits per heavy atom. The zero-order valence-corrected chi connectivity index (χ0v) is 11.0. The fourth-order valence-corrected chi connectivity index (χ4v) is 3.83. The highest BCUT2D eigenvalue weighted by atomic mass is 16.2. The zero-order chi connectivity index (χ0) is 13.3. The van der Waals surface area contributed by atoms with Crippen molar-refractivity contribution < 1.29 is 9.59 Å². The van der Waals surface area contributed by atoms with Crippen molar-refractivity contribution in [1.82, 2.24) is 5.32 Å². The summed E-state index contributed by atoms with van der Waals surface area (Å²) in [4.78, 5) is 24.1. The van der Waals surface area contributed by atoms with Gasteiger partial charge in [0, 0.05) is 6.42 Å². The molecule has 1 aliphatic heterocycles. The summed E-state index contributed by atoms with van der Waals surface area (Å²) in [5.41, 5.74) is 0.911. The minimum Gasteiger partial charge on any atom is -0.296 e. The summed E-state index contributed by atoms with van der Waals surface area (Å²) in [5.74, 6) is -0.366. The lowest BCUT2D eigenvalue weighted by Crippen LogP contribution is -2.51. The molecule has 1 N–H and O–H groups in total. The number of piperidine rings is 1. The van der Waals surface area contributed by atoms with Crippen LogP contribution < -0.4 is 5.32 Å². The van der Waals surface area contributed by atoms with Gasteiger partial charge in [0.05, 0.1) is 5.92 Å². The van der Waals surface area contributed by atoms with Gasteiger partial charge in [0.25, 0.3) is 0 Å². The van der Waals surface area contributed by atoms with Gasteiger partial charge in [-0.3, -0.25) is 14.9 Å². The molecule has 1 heterocycles. The number of benzene rings is 1. The first kappa shape index (κ1) is 12.4. The van der Waals surface area contributed by atoms with Crippen LogP contribution in [-0.4, -0.2) is 11.8 Å². The number of imide groups is 1. The van der Waals surface area contributed by atoms with E-state index in [0.717, 1.165) is 31.2 Å². The van der Waals surface area contributed by atoms with Crippen LogP contribution in [0.5, 0.6) is 0 Å². The SMILES string of the molecule is O=C1CC2(CCCCC2)C(c2ccccc2)C(=O)N1. The number of hydrogen-bond acceptors (Lipinski definition) is 2. The molecule has 0 aromatic heterocycles. The molecule has 1 spiro atoms. The van der Waals surface area contributed by atoms with Gasteiger partial charge in [-0.05, 0) is 23.8 Å². The summed E-state index contributed by atoms with van der Waals surface area (Å²) in [6, 6.07) is 9.92. The van der Waals surface area contributed by atoms with Crippen LogP contribution in [0.3, 0.4) is 0 Å². The Morgan fingerprint density at radius 3 is 2.37 bits per heavy atom. The van der Waals surface area contributed by atoms with Crippen LogP contribution in [0, 0.1) is 5.41 Å². The van der Waals surface area contributed by atoms with E-state index in [1.807, 2.05) is 30.3 Å². The van der Waals surface area contributed by atoms with E-state index in [1.165, 1.54) is 6.42 Å². The van der Waals surface area contributed by atoms with Crippen molar-refractivity contribution in [1.29, 1.82) is 0 Å². The number of nitrogens with one attached hydrogen (secondary N) is 1. The van der Waals surface area contributed by atoms with Gasteiger partial charge in [0.15, 0.2) is 0 Å². The van der Waals surface area contributed by atoms with Crippen LogP contribution in [0.1, 0.15) is 50.0 Å². The summed E-state index contributed by atoms with van der Waals surface area (Å²) < 4.78 is 0. The number of carbonyl (C=O) groups excluding carboxylic acids is 2. The van der Waals surface area contributed by atoms with Crippen molar-refractivity contribution in [2.45, 2.75) is 44.4 Å². The normalized spacial score (nSPS) is 26.2. The minimum absolute atomic E-state index is 0.0981. The first-order chi connectivity index (χ1) is 9.21. The van der Waals surface area contributed by atoms with Crippen molar-refractivity contribution in [3.05, 3.63) is 35.9 Å². The van der Waals surface area contributed by atoms with Gasteiger partial charge in [-0.25, -0.2) is 0 Å². The van der Waals surface area contributed by atoms with Crippen LogP contribution in [-0.2, 0) is 9.59 Å². The summed E-state index contributed by atoms with van der Waals surface area (Å²) in [7, 11) is 0. The molecule has 0 bridgehead atoms. The van der Waals surface area contributed by atoms with Crippen molar-refractivity contribution in [2.24, 2.45) is 5.41 Å². The molecule has 1 atom stereocenters. The molecule has 19 heavy (non-hydrogen) atoms. The fraction of sp³-hybridized carbons (Fsp3) is 0.500. The monoisotopic (exact) mass is 257 g/mol. The van der Waals surface area contributed by atoms with E-state index in [-0.39, 0.29) is 23.1 Å². The average Bonchev–Trinajstić information content (AvgIpc) is 2.39. The predicted molar refractivity (Wildman–Crippen MR) is 72.5 cm³/mol. The summed E-state index contributed by atoms with van der Waals surface area (Å²) >= 11 is 0. The smallest absolute Gasteiger partial charge is 0.234 e. The van der Waals surface area contributed by atoms with Crippen LogP contribution >= 0.6 is 0 Å². The lowest BCUT2D eigenvalue weighted by atomic mass is 9.60. The molecular weight excluding hydrogens is 238 g/mol. The zero-order valence-electron chi connectivity index (χ0n) is 11.0. The third kappa shape index (κ3) is 2.18. The number of carbonyl (C=O) groups is 2. The summed E-state index contributed by atoms with van der Waals surface area (Å²) in [5, 5.41) is 2.52. The summed E-state index contributed by atoms with van der Waals surface area (Å²) in [6.07, 6.45) is 5.96. The largest absolute Gasteiger partial charge is 0.296 e. The summed E-state index contributed by atoms with van der Waals surface area (Å²) in [6.45, 7) is 0. The number of hydrogen-bond donors (Lipinski definition) is 1. The Kier molecular flexibility index (Phi) is 3.13. The van der Waals surface area contributed by atoms with Crippen LogP contribution in [0.25, 0.3) is 0 Å². The van der Waals surface area contributed by atoms with Gasteiger partial charge >= 0.3 is 0 Å². The molecule has 3 rings (SSSR count). The Bertz CT molecular complexity index is 489. The molecule has 0 radical (unpaired) electrons. The Labute approximate surface area is 113 Å². The maximum atomic E-state index is 12.3. The van der Waals surface area contributed by atoms with Crippen LogP contribution in [0.2, 0.25) is 0 Å². The van der Waals surface area contributed by atoms with Gasteiger partial charge in [0.1, 0.15) is 0 Å². The minimum atomic E-state index is -0.160. The van der Waals surface area contributed by atoms with E-state index >= 15 is 0 Å². The number of amides is 2. The molecule has 100 valence electrons. The van der Waals surface area contributed by atoms with Gasteiger partial charge in [-0.2, -0.15) is 0 Å². The van der Waals surface area contributed by atoms with E-state index in [9.17, 15) is 9.59 Å². The van der Waals surface area contributed by atoms with Gasteiger partial charge in [-0.1, -0.05) is 49.6 Å². The van der Waals surface area contributed by atoms with E-state index in [0.29, 0.717) is 6.42 Å². The molecule has 2 aliphatic rings. The van der Waals surface area contributed by atoms with E-state index < -0.39 is 0 Å². The van der Waals surface area contributed by atoms with Crippen LogP contribution in [0.15, 0.2) is 30.3 Å². The van der Waals surface area contributed by atoms with Crippen molar-refractivity contribution in [3.63, 3.8) is 0 Å². The first-order valence-corrected chi connectivity index (χ1v) is 7.10. The molecular formula is C16H19NO2. The van der Waals surface area contributed by atoms with Gasteiger partial charge in [-0.15, -0.1) is 0 Å². The molecule has 3 heteroatoms. The van der Waals surface area contributed by atoms with Gasteiger partial charge in [0.2, 0.25) is 11.8 Å². The highest BCUT2D eigenvalue weighted by molar-refractivity contribution is 6.02. The third-order valence-electron chi connectivity index (χ3n) is 4.63. The molecule has 1 saturated carbocycles. The predicted octanol–water partition coefficient (Wildman–Crippen LogP) is 2.77. The first-order valence-electron chi connectivity index (χ1n) is 7.10.